The van der Waals surface area contributed by atoms with Gasteiger partial charge >= 0.3 is 0 Å². The van der Waals surface area contributed by atoms with Crippen molar-refractivity contribution in [3.63, 3.8) is 0 Å². The molecule has 23 heavy (non-hydrogen) atoms. The van der Waals surface area contributed by atoms with Crippen LogP contribution in [-0.2, 0) is 0 Å². The van der Waals surface area contributed by atoms with E-state index in [2.05, 4.69) is 57.0 Å². The van der Waals surface area contributed by atoms with E-state index >= 15 is 0 Å². The largest absolute Gasteiger partial charge is 0.293 e. The molecule has 3 heterocycles. The van der Waals surface area contributed by atoms with Gasteiger partial charge in [0, 0.05) is 28.6 Å². The lowest BCUT2D eigenvalue weighted by atomic mass is 10.1. The number of hydrogen-bond acceptors (Lipinski definition) is 2. The van der Waals surface area contributed by atoms with E-state index in [1.54, 1.807) is 0 Å². The van der Waals surface area contributed by atoms with Crippen LogP contribution in [0.1, 0.15) is 0 Å². The zero-order valence-electron chi connectivity index (χ0n) is 12.3. The van der Waals surface area contributed by atoms with Crippen molar-refractivity contribution >= 4 is 32.8 Å². The Morgan fingerprint density at radius 2 is 1.39 bits per heavy atom. The number of nitrogens with zero attached hydrogens (tertiary/aromatic N) is 3. The summed E-state index contributed by atoms with van der Waals surface area (Å²) in [5.74, 6) is 0. The normalized spacial score (nSPS) is 11.5. The molecule has 0 saturated carbocycles. The van der Waals surface area contributed by atoms with E-state index in [9.17, 15) is 0 Å². The van der Waals surface area contributed by atoms with Crippen molar-refractivity contribution in [1.29, 1.82) is 0 Å². The summed E-state index contributed by atoms with van der Waals surface area (Å²) in [5.41, 5.74) is 4.25. The molecule has 0 N–H and O–H groups in total. The lowest BCUT2D eigenvalue weighted by molar-refractivity contribution is 1.15. The fourth-order valence-corrected chi connectivity index (χ4v) is 3.32. The van der Waals surface area contributed by atoms with Gasteiger partial charge in [-0.2, -0.15) is 0 Å². The molecule has 3 aromatic heterocycles. The van der Waals surface area contributed by atoms with E-state index in [-0.39, 0.29) is 0 Å². The Labute approximate surface area is 132 Å². The molecule has 5 aromatic rings. The first kappa shape index (κ1) is 12.4. The van der Waals surface area contributed by atoms with Crippen molar-refractivity contribution in [3.8, 4) is 5.69 Å². The van der Waals surface area contributed by atoms with Crippen LogP contribution in [0.15, 0.2) is 79.1 Å². The third-order valence-corrected chi connectivity index (χ3v) is 4.30. The van der Waals surface area contributed by atoms with Crippen LogP contribution in [0.4, 0.5) is 0 Å². The van der Waals surface area contributed by atoms with Crippen LogP contribution >= 0.6 is 0 Å². The zero-order chi connectivity index (χ0) is 15.2. The molecule has 0 saturated heterocycles. The summed E-state index contributed by atoms with van der Waals surface area (Å²) in [4.78, 5) is 9.12. The molecule has 3 nitrogen and oxygen atoms in total. The van der Waals surface area contributed by atoms with Gasteiger partial charge in [-0.3, -0.25) is 9.55 Å². The van der Waals surface area contributed by atoms with Crippen LogP contribution in [0.2, 0.25) is 0 Å². The second-order valence-electron chi connectivity index (χ2n) is 5.57. The van der Waals surface area contributed by atoms with Gasteiger partial charge in [-0.25, -0.2) is 4.98 Å². The molecule has 0 bridgehead atoms. The molecule has 3 heteroatoms. The molecule has 0 radical (unpaired) electrons. The summed E-state index contributed by atoms with van der Waals surface area (Å²) in [6, 6.07) is 22.9. The first-order valence-corrected chi connectivity index (χ1v) is 7.62. The van der Waals surface area contributed by atoms with E-state index in [0.29, 0.717) is 0 Å². The van der Waals surface area contributed by atoms with Crippen LogP contribution in [0.5, 0.6) is 0 Å². The Balaban J connectivity index is 2.03. The molecule has 5 rings (SSSR count). The third-order valence-electron chi connectivity index (χ3n) is 4.30. The molecule has 0 spiro atoms. The summed E-state index contributed by atoms with van der Waals surface area (Å²) in [5, 5.41) is 3.52. The Bertz CT molecular complexity index is 1110. The second-order valence-corrected chi connectivity index (χ2v) is 5.57. The van der Waals surface area contributed by atoms with Crippen LogP contribution in [0, 0.1) is 0 Å². The molecule has 0 aliphatic rings. The van der Waals surface area contributed by atoms with Gasteiger partial charge in [0.1, 0.15) is 5.65 Å². The van der Waals surface area contributed by atoms with Crippen molar-refractivity contribution in [2.24, 2.45) is 0 Å². The first-order chi connectivity index (χ1) is 11.4. The summed E-state index contributed by atoms with van der Waals surface area (Å²) in [6.07, 6.45) is 3.68. The lowest BCUT2D eigenvalue weighted by Gasteiger charge is -2.10. The maximum Gasteiger partial charge on any atom is 0.145 e. The van der Waals surface area contributed by atoms with Crippen molar-refractivity contribution in [2.45, 2.75) is 0 Å². The Kier molecular flexibility index (Phi) is 2.50. The maximum absolute atomic E-state index is 4.64. The maximum atomic E-state index is 4.64. The highest BCUT2D eigenvalue weighted by molar-refractivity contribution is 6.09. The standard InChI is InChI=1S/C20H13N3/c1-2-10-18-14(6-1)15-7-4-13-22-20(15)23(18)19-11-3-9-17-16(19)8-5-12-21-17/h1-13H. The monoisotopic (exact) mass is 295 g/mol. The van der Waals surface area contributed by atoms with Gasteiger partial charge in [0.05, 0.1) is 16.7 Å². The van der Waals surface area contributed by atoms with E-state index in [1.807, 2.05) is 36.7 Å². The van der Waals surface area contributed by atoms with Gasteiger partial charge in [0.2, 0.25) is 0 Å². The molecule has 0 fully saturated rings. The van der Waals surface area contributed by atoms with E-state index in [4.69, 9.17) is 0 Å². The van der Waals surface area contributed by atoms with E-state index in [1.165, 1.54) is 10.8 Å². The van der Waals surface area contributed by atoms with Crippen molar-refractivity contribution in [3.05, 3.63) is 79.1 Å². The zero-order valence-corrected chi connectivity index (χ0v) is 12.3. The van der Waals surface area contributed by atoms with Gasteiger partial charge in [0.25, 0.3) is 0 Å². The molecule has 0 aliphatic heterocycles. The Morgan fingerprint density at radius 1 is 0.609 bits per heavy atom. The highest BCUT2D eigenvalue weighted by atomic mass is 15.0. The van der Waals surface area contributed by atoms with Crippen molar-refractivity contribution < 1.29 is 0 Å². The first-order valence-electron chi connectivity index (χ1n) is 7.62. The molecule has 0 unspecified atom stereocenters. The number of fused-ring (bicyclic) bond motifs is 4. The minimum atomic E-state index is 0.977. The van der Waals surface area contributed by atoms with Gasteiger partial charge in [0.15, 0.2) is 0 Å². The summed E-state index contributed by atoms with van der Waals surface area (Å²) in [7, 11) is 0. The highest BCUT2D eigenvalue weighted by Gasteiger charge is 2.14. The number of rotatable bonds is 1. The fourth-order valence-electron chi connectivity index (χ4n) is 3.32. The van der Waals surface area contributed by atoms with Gasteiger partial charge in [-0.1, -0.05) is 24.3 Å². The number of pyridine rings is 2. The molecule has 108 valence electrons. The van der Waals surface area contributed by atoms with Gasteiger partial charge in [-0.15, -0.1) is 0 Å². The molecular weight excluding hydrogens is 282 g/mol. The van der Waals surface area contributed by atoms with Crippen LogP contribution < -0.4 is 0 Å². The number of hydrogen-bond donors (Lipinski definition) is 0. The fraction of sp³-hybridized carbons (Fsp3) is 0. The second kappa shape index (κ2) is 4.65. The van der Waals surface area contributed by atoms with E-state index < -0.39 is 0 Å². The predicted molar refractivity (Wildman–Crippen MR) is 93.9 cm³/mol. The summed E-state index contributed by atoms with van der Waals surface area (Å²) < 4.78 is 2.23. The Morgan fingerprint density at radius 3 is 2.35 bits per heavy atom. The minimum Gasteiger partial charge on any atom is -0.293 e. The van der Waals surface area contributed by atoms with Crippen molar-refractivity contribution in [1.82, 2.24) is 14.5 Å². The Hall–Kier alpha value is -3.20. The van der Waals surface area contributed by atoms with E-state index in [0.717, 1.165) is 27.8 Å². The van der Waals surface area contributed by atoms with Crippen LogP contribution in [0.25, 0.3) is 38.5 Å². The minimum absolute atomic E-state index is 0.977. The van der Waals surface area contributed by atoms with Crippen molar-refractivity contribution in [2.75, 3.05) is 0 Å². The highest BCUT2D eigenvalue weighted by Crippen LogP contribution is 2.32. The number of aromatic nitrogens is 3. The summed E-state index contributed by atoms with van der Waals surface area (Å²) in [6.45, 7) is 0. The average Bonchev–Trinajstić information content (AvgIpc) is 2.96. The molecule has 0 amide bonds. The van der Waals surface area contributed by atoms with Crippen LogP contribution in [0.3, 0.4) is 0 Å². The number of benzene rings is 2. The van der Waals surface area contributed by atoms with Gasteiger partial charge in [-0.05, 0) is 42.5 Å². The predicted octanol–water partition coefficient (Wildman–Crippen LogP) is 4.73. The summed E-state index contributed by atoms with van der Waals surface area (Å²) >= 11 is 0. The average molecular weight is 295 g/mol. The quantitative estimate of drug-likeness (QED) is 0.448. The molecular formula is C20H13N3. The smallest absolute Gasteiger partial charge is 0.145 e. The van der Waals surface area contributed by atoms with Crippen LogP contribution in [-0.4, -0.2) is 14.5 Å². The SMILES string of the molecule is c1cc(-n2c3ccccc3c3cccnc32)c2cccnc2c1. The molecule has 2 aromatic carbocycles. The molecule has 0 atom stereocenters. The number of para-hydroxylation sites is 1. The lowest BCUT2D eigenvalue weighted by Crippen LogP contribution is -1.96. The van der Waals surface area contributed by atoms with Gasteiger partial charge < -0.3 is 0 Å². The topological polar surface area (TPSA) is 30.7 Å². The third kappa shape index (κ3) is 1.70. The molecule has 0 aliphatic carbocycles.